The van der Waals surface area contributed by atoms with Gasteiger partial charge in [0.25, 0.3) is 0 Å². The molecule has 1 rings (SSSR count). The first kappa shape index (κ1) is 16.8. The molecule has 0 amide bonds. The van der Waals surface area contributed by atoms with E-state index in [-0.39, 0.29) is 5.41 Å². The van der Waals surface area contributed by atoms with Crippen molar-refractivity contribution in [1.82, 2.24) is 0 Å². The SMILES string of the molecule is CC(C)(C)c1cccc(OCC(C(N)=S)C(F)(F)F)c1. The smallest absolute Gasteiger partial charge is 0.401 e. The molecule has 0 saturated carbocycles. The van der Waals surface area contributed by atoms with Crippen molar-refractivity contribution in [3.05, 3.63) is 29.8 Å². The zero-order valence-electron chi connectivity index (χ0n) is 11.6. The molecule has 0 bridgehead atoms. The normalized spacial score (nSPS) is 13.9. The molecule has 0 aliphatic carbocycles. The Morgan fingerprint density at radius 2 is 1.90 bits per heavy atom. The third-order valence-electron chi connectivity index (χ3n) is 2.86. The fraction of sp³-hybridized carbons (Fsp3) is 0.500. The van der Waals surface area contributed by atoms with Gasteiger partial charge in [0.1, 0.15) is 18.3 Å². The van der Waals surface area contributed by atoms with E-state index in [1.54, 1.807) is 18.2 Å². The van der Waals surface area contributed by atoms with E-state index in [1.165, 1.54) is 0 Å². The minimum Gasteiger partial charge on any atom is -0.492 e. The average Bonchev–Trinajstić information content (AvgIpc) is 2.26. The fourth-order valence-corrected chi connectivity index (χ4v) is 1.77. The highest BCUT2D eigenvalue weighted by atomic mass is 32.1. The lowest BCUT2D eigenvalue weighted by Gasteiger charge is -2.22. The number of alkyl halides is 3. The Hall–Kier alpha value is -1.30. The van der Waals surface area contributed by atoms with Crippen molar-refractivity contribution < 1.29 is 17.9 Å². The third-order valence-corrected chi connectivity index (χ3v) is 3.14. The van der Waals surface area contributed by atoms with E-state index in [9.17, 15) is 13.2 Å². The monoisotopic (exact) mass is 305 g/mol. The number of ether oxygens (including phenoxy) is 1. The Kier molecular flexibility index (Phi) is 5.02. The van der Waals surface area contributed by atoms with Crippen LogP contribution in [0.5, 0.6) is 5.75 Å². The van der Waals surface area contributed by atoms with Gasteiger partial charge in [0.2, 0.25) is 0 Å². The summed E-state index contributed by atoms with van der Waals surface area (Å²) < 4.78 is 43.3. The predicted molar refractivity (Wildman–Crippen MR) is 77.0 cm³/mol. The molecule has 20 heavy (non-hydrogen) atoms. The van der Waals surface area contributed by atoms with Crippen molar-refractivity contribution in [3.63, 3.8) is 0 Å². The molecule has 1 unspecified atom stereocenters. The highest BCUT2D eigenvalue weighted by Gasteiger charge is 2.42. The number of benzene rings is 1. The largest absolute Gasteiger partial charge is 0.492 e. The molecule has 0 heterocycles. The van der Waals surface area contributed by atoms with Gasteiger partial charge in [-0.25, -0.2) is 0 Å². The van der Waals surface area contributed by atoms with E-state index in [1.807, 2.05) is 26.8 Å². The molecule has 0 saturated heterocycles. The quantitative estimate of drug-likeness (QED) is 0.859. The van der Waals surface area contributed by atoms with Crippen LogP contribution in [0.1, 0.15) is 26.3 Å². The second kappa shape index (κ2) is 5.99. The molecular formula is C14H18F3NOS. The molecule has 112 valence electrons. The molecule has 1 atom stereocenters. The van der Waals surface area contributed by atoms with Crippen molar-refractivity contribution in [1.29, 1.82) is 0 Å². The first-order valence-corrected chi connectivity index (χ1v) is 6.52. The molecule has 2 nitrogen and oxygen atoms in total. The number of rotatable bonds is 4. The summed E-state index contributed by atoms with van der Waals surface area (Å²) in [5, 5.41) is 0. The first-order valence-electron chi connectivity index (χ1n) is 6.11. The summed E-state index contributed by atoms with van der Waals surface area (Å²) in [6.07, 6.45) is -4.49. The van der Waals surface area contributed by atoms with Gasteiger partial charge in [-0.15, -0.1) is 0 Å². The first-order chi connectivity index (χ1) is 9.01. The Bertz CT molecular complexity index is 480. The second-order valence-electron chi connectivity index (χ2n) is 5.59. The topological polar surface area (TPSA) is 35.2 Å². The van der Waals surface area contributed by atoms with Crippen molar-refractivity contribution in [2.45, 2.75) is 32.4 Å². The van der Waals surface area contributed by atoms with E-state index in [0.29, 0.717) is 5.75 Å². The van der Waals surface area contributed by atoms with Gasteiger partial charge >= 0.3 is 6.18 Å². The van der Waals surface area contributed by atoms with Crippen LogP contribution < -0.4 is 10.5 Å². The minimum atomic E-state index is -4.49. The molecule has 0 aliphatic heterocycles. The van der Waals surface area contributed by atoms with Crippen LogP contribution in [0.25, 0.3) is 0 Å². The third kappa shape index (κ3) is 4.67. The van der Waals surface area contributed by atoms with Crippen LogP contribution in [0.4, 0.5) is 13.2 Å². The highest BCUT2D eigenvalue weighted by Crippen LogP contribution is 2.29. The van der Waals surface area contributed by atoms with E-state index in [4.69, 9.17) is 10.5 Å². The van der Waals surface area contributed by atoms with E-state index < -0.39 is 23.7 Å². The molecule has 0 spiro atoms. The molecule has 0 aliphatic rings. The van der Waals surface area contributed by atoms with E-state index in [2.05, 4.69) is 12.2 Å². The van der Waals surface area contributed by atoms with Crippen LogP contribution in [-0.4, -0.2) is 17.8 Å². The van der Waals surface area contributed by atoms with Crippen molar-refractivity contribution in [2.75, 3.05) is 6.61 Å². The Balaban J connectivity index is 2.82. The maximum Gasteiger partial charge on any atom is 0.401 e. The Morgan fingerprint density at radius 3 is 2.35 bits per heavy atom. The maximum absolute atomic E-state index is 12.7. The van der Waals surface area contributed by atoms with Crippen molar-refractivity contribution in [2.24, 2.45) is 11.7 Å². The molecular weight excluding hydrogens is 287 g/mol. The van der Waals surface area contributed by atoms with Gasteiger partial charge in [0, 0.05) is 0 Å². The molecule has 0 aromatic heterocycles. The summed E-state index contributed by atoms with van der Waals surface area (Å²) in [4.78, 5) is -0.607. The van der Waals surface area contributed by atoms with Gasteiger partial charge in [-0.2, -0.15) is 13.2 Å². The average molecular weight is 305 g/mol. The van der Waals surface area contributed by atoms with Crippen LogP contribution in [-0.2, 0) is 5.41 Å². The van der Waals surface area contributed by atoms with Crippen LogP contribution in [0.2, 0.25) is 0 Å². The van der Waals surface area contributed by atoms with Crippen molar-refractivity contribution in [3.8, 4) is 5.75 Å². The van der Waals surface area contributed by atoms with Gasteiger partial charge in [0.15, 0.2) is 0 Å². The number of halogens is 3. The summed E-state index contributed by atoms with van der Waals surface area (Å²) in [6.45, 7) is 5.44. The number of thiocarbonyl (C=S) groups is 1. The Labute approximate surface area is 122 Å². The zero-order valence-corrected chi connectivity index (χ0v) is 12.4. The summed E-state index contributed by atoms with van der Waals surface area (Å²) in [7, 11) is 0. The summed E-state index contributed by atoms with van der Waals surface area (Å²) in [5.41, 5.74) is 5.99. The number of hydrogen-bond donors (Lipinski definition) is 1. The van der Waals surface area contributed by atoms with Crippen LogP contribution in [0, 0.1) is 5.92 Å². The lowest BCUT2D eigenvalue weighted by Crippen LogP contribution is -2.38. The molecule has 1 aromatic carbocycles. The lowest BCUT2D eigenvalue weighted by molar-refractivity contribution is -0.161. The zero-order chi connectivity index (χ0) is 15.6. The van der Waals surface area contributed by atoms with Crippen LogP contribution in [0.15, 0.2) is 24.3 Å². The molecule has 0 fully saturated rings. The summed E-state index contributed by atoms with van der Waals surface area (Å²) in [5.74, 6) is -1.56. The molecule has 6 heteroatoms. The predicted octanol–water partition coefficient (Wildman–Crippen LogP) is 3.83. The Morgan fingerprint density at radius 1 is 1.30 bits per heavy atom. The van der Waals surface area contributed by atoms with Crippen LogP contribution in [0.3, 0.4) is 0 Å². The standard InChI is InChI=1S/C14H18F3NOS/c1-13(2,3)9-5-4-6-10(7-9)19-8-11(12(18)20)14(15,16)17/h4-7,11H,8H2,1-3H3,(H2,18,20). The van der Waals surface area contributed by atoms with Gasteiger partial charge < -0.3 is 10.5 Å². The van der Waals surface area contributed by atoms with Gasteiger partial charge in [0.05, 0.1) is 4.99 Å². The van der Waals surface area contributed by atoms with Gasteiger partial charge in [-0.1, -0.05) is 45.1 Å². The van der Waals surface area contributed by atoms with Crippen LogP contribution >= 0.6 is 12.2 Å². The maximum atomic E-state index is 12.7. The van der Waals surface area contributed by atoms with Gasteiger partial charge in [-0.3, -0.25) is 0 Å². The molecule has 0 radical (unpaired) electrons. The number of nitrogens with two attached hydrogens (primary N) is 1. The highest BCUT2D eigenvalue weighted by molar-refractivity contribution is 7.80. The molecule has 2 N–H and O–H groups in total. The fourth-order valence-electron chi connectivity index (χ4n) is 1.57. The van der Waals surface area contributed by atoms with E-state index in [0.717, 1.165) is 5.56 Å². The minimum absolute atomic E-state index is 0.105. The number of hydrogen-bond acceptors (Lipinski definition) is 2. The summed E-state index contributed by atoms with van der Waals surface area (Å²) >= 11 is 4.44. The second-order valence-corrected chi connectivity index (χ2v) is 6.06. The lowest BCUT2D eigenvalue weighted by atomic mass is 9.87. The summed E-state index contributed by atoms with van der Waals surface area (Å²) in [6, 6.07) is 7.00. The van der Waals surface area contributed by atoms with E-state index >= 15 is 0 Å². The van der Waals surface area contributed by atoms with Gasteiger partial charge in [-0.05, 0) is 23.1 Å². The van der Waals surface area contributed by atoms with Crippen molar-refractivity contribution >= 4 is 17.2 Å². The molecule has 1 aromatic rings.